The summed E-state index contributed by atoms with van der Waals surface area (Å²) in [7, 11) is 0. The molecule has 0 unspecified atom stereocenters. The summed E-state index contributed by atoms with van der Waals surface area (Å²) in [6.45, 7) is 8.16. The molecule has 0 radical (unpaired) electrons. The van der Waals surface area contributed by atoms with Crippen LogP contribution >= 0.6 is 0 Å². The van der Waals surface area contributed by atoms with Gasteiger partial charge in [-0.05, 0) is 25.0 Å². The summed E-state index contributed by atoms with van der Waals surface area (Å²) in [5.41, 5.74) is 2.43. The molecule has 6 heteroatoms. The average molecular weight is 352 g/mol. The van der Waals surface area contributed by atoms with Crippen LogP contribution in [-0.4, -0.2) is 25.5 Å². The summed E-state index contributed by atoms with van der Waals surface area (Å²) >= 11 is 0. The maximum Gasteiger partial charge on any atom is 0.230 e. The van der Waals surface area contributed by atoms with E-state index in [4.69, 9.17) is 0 Å². The van der Waals surface area contributed by atoms with Gasteiger partial charge in [-0.2, -0.15) is 0 Å². The number of hydrogen-bond donors (Lipinski definition) is 2. The number of anilines is 1. The third-order valence-corrected chi connectivity index (χ3v) is 4.27. The molecule has 1 aromatic rings. The highest BCUT2D eigenvalue weighted by molar-refractivity contribution is 5.94. The highest BCUT2D eigenvalue weighted by Gasteiger charge is 2.24. The minimum Gasteiger partial charge on any atom is -0.494 e. The van der Waals surface area contributed by atoms with Crippen molar-refractivity contribution in [2.24, 2.45) is 5.41 Å². The fourth-order valence-corrected chi connectivity index (χ4v) is 2.54. The molecule has 2 aliphatic heterocycles. The molecule has 6 nitrogen and oxygen atoms in total. The van der Waals surface area contributed by atoms with Crippen LogP contribution in [0.1, 0.15) is 31.9 Å². The molecule has 2 N–H and O–H groups in total. The van der Waals surface area contributed by atoms with Crippen LogP contribution in [0.15, 0.2) is 36.7 Å². The second kappa shape index (κ2) is 6.78. The van der Waals surface area contributed by atoms with Gasteiger partial charge in [-0.15, -0.1) is 0 Å². The number of nitrogens with zero attached hydrogens (tertiary/aromatic N) is 3. The monoisotopic (exact) mass is 352 g/mol. The standard InChI is InChI=1S/C20H24N4O2/c1-13-5-7-14(8-6-13)9-10-24-12-21-17-15(18(24)25)11-16(22-17)23-19(26)20(2,3)4/h5-8,11-12,25H,9-10H2,1-4H3,(H,23,26). The van der Waals surface area contributed by atoms with Crippen molar-refractivity contribution < 1.29 is 9.90 Å². The van der Waals surface area contributed by atoms with Gasteiger partial charge in [0.25, 0.3) is 0 Å². The Labute approximate surface area is 153 Å². The third-order valence-electron chi connectivity index (χ3n) is 4.27. The van der Waals surface area contributed by atoms with Crippen molar-refractivity contribution in [1.29, 1.82) is 0 Å². The van der Waals surface area contributed by atoms with Crippen LogP contribution in [0.25, 0.3) is 11.4 Å². The van der Waals surface area contributed by atoms with Gasteiger partial charge in [0.1, 0.15) is 5.82 Å². The van der Waals surface area contributed by atoms with E-state index in [9.17, 15) is 9.90 Å². The zero-order valence-electron chi connectivity index (χ0n) is 15.6. The molecule has 3 rings (SSSR count). The number of aryl methyl sites for hydroxylation is 3. The maximum atomic E-state index is 12.1. The van der Waals surface area contributed by atoms with Gasteiger partial charge in [-0.25, -0.2) is 9.97 Å². The van der Waals surface area contributed by atoms with Crippen molar-refractivity contribution >= 4 is 11.7 Å². The zero-order chi connectivity index (χ0) is 18.9. The van der Waals surface area contributed by atoms with Gasteiger partial charge in [-0.1, -0.05) is 50.6 Å². The van der Waals surface area contributed by atoms with Crippen molar-refractivity contribution in [2.75, 3.05) is 5.32 Å². The molecule has 0 bridgehead atoms. The predicted octanol–water partition coefficient (Wildman–Crippen LogP) is 3.62. The van der Waals surface area contributed by atoms with Gasteiger partial charge in [0.2, 0.25) is 11.8 Å². The number of hydrogen-bond acceptors (Lipinski definition) is 4. The smallest absolute Gasteiger partial charge is 0.230 e. The number of fused-ring (bicyclic) bond motifs is 1. The first-order valence-electron chi connectivity index (χ1n) is 8.66. The van der Waals surface area contributed by atoms with Crippen molar-refractivity contribution in [3.8, 4) is 17.3 Å². The largest absolute Gasteiger partial charge is 0.494 e. The number of carbonyl (C=O) groups is 1. The number of aromatic nitrogens is 3. The lowest BCUT2D eigenvalue weighted by molar-refractivity contribution is -0.123. The third kappa shape index (κ3) is 3.85. The van der Waals surface area contributed by atoms with Crippen molar-refractivity contribution in [1.82, 2.24) is 14.5 Å². The van der Waals surface area contributed by atoms with Crippen molar-refractivity contribution in [3.05, 3.63) is 47.8 Å². The Morgan fingerprint density at radius 3 is 2.58 bits per heavy atom. The summed E-state index contributed by atoms with van der Waals surface area (Å²) in [5, 5.41) is 13.3. The van der Waals surface area contributed by atoms with Gasteiger partial charge < -0.3 is 15.0 Å². The molecule has 0 saturated heterocycles. The number of rotatable bonds is 4. The Bertz CT molecular complexity index is 891. The minimum atomic E-state index is -0.519. The normalized spacial score (nSPS) is 11.7. The van der Waals surface area contributed by atoms with E-state index in [-0.39, 0.29) is 11.8 Å². The summed E-state index contributed by atoms with van der Waals surface area (Å²) in [6, 6.07) is 9.98. The van der Waals surface area contributed by atoms with Crippen LogP contribution in [0.4, 0.5) is 5.82 Å². The van der Waals surface area contributed by atoms with Crippen LogP contribution < -0.4 is 5.32 Å². The maximum absolute atomic E-state index is 12.1. The summed E-state index contributed by atoms with van der Waals surface area (Å²) < 4.78 is 1.69. The van der Waals surface area contributed by atoms with Crippen LogP contribution in [0.3, 0.4) is 0 Å². The first kappa shape index (κ1) is 17.9. The molecule has 0 saturated carbocycles. The molecule has 0 fully saturated rings. The van der Waals surface area contributed by atoms with Gasteiger partial charge in [0.05, 0.1) is 11.9 Å². The number of benzene rings is 1. The molecule has 0 atom stereocenters. The molecule has 2 heterocycles. The predicted molar refractivity (Wildman–Crippen MR) is 101 cm³/mol. The van der Waals surface area contributed by atoms with E-state index in [2.05, 4.69) is 46.5 Å². The highest BCUT2D eigenvalue weighted by atomic mass is 16.3. The number of nitrogens with one attached hydrogen (secondary N) is 1. The Morgan fingerprint density at radius 1 is 1.23 bits per heavy atom. The van der Waals surface area contributed by atoms with E-state index in [0.29, 0.717) is 23.8 Å². The molecular weight excluding hydrogens is 328 g/mol. The number of aromatic hydroxyl groups is 1. The summed E-state index contributed by atoms with van der Waals surface area (Å²) in [5.74, 6) is 0.787. The average Bonchev–Trinajstić information content (AvgIpc) is 2.98. The Balaban J connectivity index is 1.79. The fourth-order valence-electron chi connectivity index (χ4n) is 2.54. The molecule has 2 aliphatic rings. The number of amides is 1. The lowest BCUT2D eigenvalue weighted by atomic mass is 9.96. The lowest BCUT2D eigenvalue weighted by Gasteiger charge is -2.16. The van der Waals surface area contributed by atoms with Gasteiger partial charge in [-0.3, -0.25) is 4.79 Å². The van der Waals surface area contributed by atoms with Crippen LogP contribution in [0.5, 0.6) is 5.88 Å². The van der Waals surface area contributed by atoms with E-state index in [0.717, 1.165) is 6.42 Å². The molecule has 0 aliphatic carbocycles. The van der Waals surface area contributed by atoms with Crippen LogP contribution in [0, 0.1) is 12.3 Å². The lowest BCUT2D eigenvalue weighted by Crippen LogP contribution is -2.27. The highest BCUT2D eigenvalue weighted by Crippen LogP contribution is 2.32. The van der Waals surface area contributed by atoms with E-state index in [1.807, 2.05) is 20.8 Å². The fraction of sp³-hybridized carbons (Fsp3) is 0.350. The molecular formula is C20H24N4O2. The van der Waals surface area contributed by atoms with E-state index >= 15 is 0 Å². The van der Waals surface area contributed by atoms with E-state index in [1.165, 1.54) is 11.1 Å². The summed E-state index contributed by atoms with van der Waals surface area (Å²) in [4.78, 5) is 20.7. The Morgan fingerprint density at radius 2 is 1.92 bits per heavy atom. The second-order valence-corrected chi connectivity index (χ2v) is 7.58. The van der Waals surface area contributed by atoms with Gasteiger partial charge in [0.15, 0.2) is 5.82 Å². The minimum absolute atomic E-state index is 0.103. The molecule has 1 amide bonds. The first-order chi connectivity index (χ1) is 12.2. The molecule has 1 aromatic carbocycles. The van der Waals surface area contributed by atoms with Gasteiger partial charge in [0, 0.05) is 12.0 Å². The van der Waals surface area contributed by atoms with Crippen LogP contribution in [0.2, 0.25) is 0 Å². The summed E-state index contributed by atoms with van der Waals surface area (Å²) in [6.07, 6.45) is 2.36. The Kier molecular flexibility index (Phi) is 4.68. The molecule has 136 valence electrons. The molecule has 0 aromatic heterocycles. The number of carbonyl (C=O) groups excluding carboxylic acids is 1. The first-order valence-corrected chi connectivity index (χ1v) is 8.66. The quantitative estimate of drug-likeness (QED) is 0.751. The van der Waals surface area contributed by atoms with Gasteiger partial charge >= 0.3 is 0 Å². The van der Waals surface area contributed by atoms with E-state index < -0.39 is 5.41 Å². The zero-order valence-corrected chi connectivity index (χ0v) is 15.6. The molecule has 26 heavy (non-hydrogen) atoms. The van der Waals surface area contributed by atoms with Crippen molar-refractivity contribution in [3.63, 3.8) is 0 Å². The van der Waals surface area contributed by atoms with Crippen LogP contribution in [-0.2, 0) is 17.8 Å². The van der Waals surface area contributed by atoms with Crippen molar-refractivity contribution in [2.45, 2.75) is 40.7 Å². The Hall–Kier alpha value is -2.89. The molecule has 0 spiro atoms. The van der Waals surface area contributed by atoms with E-state index in [1.54, 1.807) is 17.0 Å². The second-order valence-electron chi connectivity index (χ2n) is 7.58. The SMILES string of the molecule is Cc1ccc(CCn2cnc3nc(NC(=O)C(C)(C)C)cc-3c2O)cc1. The topological polar surface area (TPSA) is 80.0 Å².